The molecule has 0 aliphatic heterocycles. The number of hydrogen-bond acceptors (Lipinski definition) is 1. The fourth-order valence-electron chi connectivity index (χ4n) is 3.07. The zero-order valence-electron chi connectivity index (χ0n) is 14.8. The summed E-state index contributed by atoms with van der Waals surface area (Å²) in [4.78, 5) is 4.86. The number of rotatable bonds is 1. The molecule has 0 aliphatic rings. The SMILES string of the molecule is CC(C)c1c(C(C)(C)C)cnc2c(C(C)(C)C)cccc12. The van der Waals surface area contributed by atoms with Crippen molar-refractivity contribution in [2.75, 3.05) is 0 Å². The van der Waals surface area contributed by atoms with Crippen LogP contribution in [0.15, 0.2) is 24.4 Å². The van der Waals surface area contributed by atoms with Crippen LogP contribution in [0.5, 0.6) is 0 Å². The van der Waals surface area contributed by atoms with E-state index in [1.54, 1.807) is 0 Å². The molecule has 0 atom stereocenters. The smallest absolute Gasteiger partial charge is 0.0742 e. The summed E-state index contributed by atoms with van der Waals surface area (Å²) in [7, 11) is 0. The van der Waals surface area contributed by atoms with Crippen molar-refractivity contribution in [3.05, 3.63) is 41.1 Å². The third kappa shape index (κ3) is 2.97. The molecule has 114 valence electrons. The maximum absolute atomic E-state index is 4.86. The van der Waals surface area contributed by atoms with E-state index in [-0.39, 0.29) is 10.8 Å². The average Bonchev–Trinajstić information content (AvgIpc) is 2.33. The first-order chi connectivity index (χ1) is 9.53. The van der Waals surface area contributed by atoms with Crippen molar-refractivity contribution in [3.8, 4) is 0 Å². The van der Waals surface area contributed by atoms with Gasteiger partial charge in [-0.15, -0.1) is 0 Å². The van der Waals surface area contributed by atoms with Gasteiger partial charge in [0.15, 0.2) is 0 Å². The average molecular weight is 283 g/mol. The Bertz CT molecular complexity index is 652. The van der Waals surface area contributed by atoms with Gasteiger partial charge in [-0.3, -0.25) is 4.98 Å². The molecule has 0 radical (unpaired) electrons. The van der Waals surface area contributed by atoms with Crippen LogP contribution in [0.4, 0.5) is 0 Å². The maximum atomic E-state index is 4.86. The first-order valence-electron chi connectivity index (χ1n) is 7.96. The Morgan fingerprint density at radius 2 is 1.43 bits per heavy atom. The number of benzene rings is 1. The standard InChI is InChI=1S/C20H29N/c1-13(2)17-14-10-9-11-15(19(3,4)5)18(14)21-12-16(17)20(6,7)8/h9-13H,1-8H3. The topological polar surface area (TPSA) is 12.9 Å². The van der Waals surface area contributed by atoms with Gasteiger partial charge in [-0.1, -0.05) is 73.6 Å². The Morgan fingerprint density at radius 3 is 1.90 bits per heavy atom. The molecule has 1 aromatic heterocycles. The van der Waals surface area contributed by atoms with Crippen LogP contribution < -0.4 is 0 Å². The molecule has 0 amide bonds. The van der Waals surface area contributed by atoms with Gasteiger partial charge in [0.1, 0.15) is 0 Å². The van der Waals surface area contributed by atoms with Gasteiger partial charge < -0.3 is 0 Å². The maximum Gasteiger partial charge on any atom is 0.0742 e. The van der Waals surface area contributed by atoms with Gasteiger partial charge in [0, 0.05) is 11.6 Å². The molecule has 0 saturated heterocycles. The van der Waals surface area contributed by atoms with Crippen LogP contribution in [0, 0.1) is 0 Å². The summed E-state index contributed by atoms with van der Waals surface area (Å²) in [6.07, 6.45) is 2.10. The van der Waals surface area contributed by atoms with Crippen molar-refractivity contribution in [1.82, 2.24) is 4.98 Å². The van der Waals surface area contributed by atoms with Gasteiger partial charge in [-0.05, 0) is 33.4 Å². The molecule has 1 nitrogen and oxygen atoms in total. The lowest BCUT2D eigenvalue weighted by atomic mass is 9.78. The minimum absolute atomic E-state index is 0.115. The lowest BCUT2D eigenvalue weighted by Gasteiger charge is -2.27. The largest absolute Gasteiger partial charge is 0.256 e. The first-order valence-corrected chi connectivity index (χ1v) is 7.96. The summed E-state index contributed by atoms with van der Waals surface area (Å²) < 4.78 is 0. The normalized spacial score (nSPS) is 13.2. The monoisotopic (exact) mass is 283 g/mol. The molecule has 21 heavy (non-hydrogen) atoms. The van der Waals surface area contributed by atoms with E-state index in [9.17, 15) is 0 Å². The number of fused-ring (bicyclic) bond motifs is 1. The molecule has 1 heterocycles. The fraction of sp³-hybridized carbons (Fsp3) is 0.550. The van der Waals surface area contributed by atoms with Crippen LogP contribution in [0.2, 0.25) is 0 Å². The van der Waals surface area contributed by atoms with Crippen LogP contribution >= 0.6 is 0 Å². The number of aromatic nitrogens is 1. The van der Waals surface area contributed by atoms with Gasteiger partial charge >= 0.3 is 0 Å². The highest BCUT2D eigenvalue weighted by Gasteiger charge is 2.24. The first kappa shape index (κ1) is 16.0. The summed E-state index contributed by atoms with van der Waals surface area (Å²) in [5.41, 5.74) is 5.57. The highest BCUT2D eigenvalue weighted by atomic mass is 14.7. The molecular weight excluding hydrogens is 254 g/mol. The van der Waals surface area contributed by atoms with E-state index in [0.29, 0.717) is 5.92 Å². The molecule has 0 spiro atoms. The summed E-state index contributed by atoms with van der Waals surface area (Å²) in [6, 6.07) is 6.64. The number of pyridine rings is 1. The molecule has 0 unspecified atom stereocenters. The van der Waals surface area contributed by atoms with Gasteiger partial charge in [-0.25, -0.2) is 0 Å². The second-order valence-electron chi connectivity index (χ2n) is 8.44. The molecule has 0 bridgehead atoms. The van der Waals surface area contributed by atoms with Crippen LogP contribution in [0.1, 0.15) is 78.0 Å². The number of para-hydroxylation sites is 1. The molecule has 0 fully saturated rings. The lowest BCUT2D eigenvalue weighted by Crippen LogP contribution is -2.17. The molecular formula is C20H29N. The molecule has 0 N–H and O–H groups in total. The minimum Gasteiger partial charge on any atom is -0.256 e. The number of nitrogens with zero attached hydrogens (tertiary/aromatic N) is 1. The molecule has 1 aromatic carbocycles. The summed E-state index contributed by atoms with van der Waals surface area (Å²) in [5, 5.41) is 1.32. The van der Waals surface area contributed by atoms with Crippen LogP contribution in [-0.2, 0) is 10.8 Å². The molecule has 0 aliphatic carbocycles. The van der Waals surface area contributed by atoms with Crippen LogP contribution in [-0.4, -0.2) is 4.98 Å². The van der Waals surface area contributed by atoms with Crippen molar-refractivity contribution in [1.29, 1.82) is 0 Å². The Morgan fingerprint density at radius 1 is 0.857 bits per heavy atom. The quantitative estimate of drug-likeness (QED) is 0.630. The fourth-order valence-corrected chi connectivity index (χ4v) is 3.07. The molecule has 2 aromatic rings. The summed E-state index contributed by atoms with van der Waals surface area (Å²) in [5.74, 6) is 0.500. The predicted molar refractivity (Wildman–Crippen MR) is 93.2 cm³/mol. The minimum atomic E-state index is 0.115. The molecule has 2 rings (SSSR count). The highest BCUT2D eigenvalue weighted by Crippen LogP contribution is 2.37. The van der Waals surface area contributed by atoms with Crippen molar-refractivity contribution in [3.63, 3.8) is 0 Å². The Labute approximate surface area is 129 Å². The van der Waals surface area contributed by atoms with E-state index in [2.05, 4.69) is 79.8 Å². The van der Waals surface area contributed by atoms with Crippen molar-refractivity contribution in [2.45, 2.75) is 72.1 Å². The van der Waals surface area contributed by atoms with E-state index in [1.807, 2.05) is 0 Å². The Kier molecular flexibility index (Phi) is 3.90. The second-order valence-corrected chi connectivity index (χ2v) is 8.44. The van der Waals surface area contributed by atoms with Gasteiger partial charge in [0.05, 0.1) is 5.52 Å². The van der Waals surface area contributed by atoms with Crippen molar-refractivity contribution in [2.24, 2.45) is 0 Å². The van der Waals surface area contributed by atoms with E-state index < -0.39 is 0 Å². The van der Waals surface area contributed by atoms with E-state index in [0.717, 1.165) is 0 Å². The zero-order chi connectivity index (χ0) is 16.0. The van der Waals surface area contributed by atoms with Crippen molar-refractivity contribution < 1.29 is 0 Å². The predicted octanol–water partition coefficient (Wildman–Crippen LogP) is 5.95. The Balaban J connectivity index is 2.90. The zero-order valence-corrected chi connectivity index (χ0v) is 14.8. The van der Waals surface area contributed by atoms with Gasteiger partial charge in [-0.2, -0.15) is 0 Å². The van der Waals surface area contributed by atoms with Gasteiger partial charge in [0.2, 0.25) is 0 Å². The third-order valence-electron chi connectivity index (χ3n) is 4.13. The highest BCUT2D eigenvalue weighted by molar-refractivity contribution is 5.87. The Hall–Kier alpha value is -1.37. The van der Waals surface area contributed by atoms with Crippen LogP contribution in [0.3, 0.4) is 0 Å². The lowest BCUT2D eigenvalue weighted by molar-refractivity contribution is 0.575. The van der Waals surface area contributed by atoms with Crippen molar-refractivity contribution >= 4 is 10.9 Å². The number of hydrogen-bond donors (Lipinski definition) is 0. The van der Waals surface area contributed by atoms with E-state index in [1.165, 1.54) is 27.6 Å². The van der Waals surface area contributed by atoms with E-state index >= 15 is 0 Å². The second kappa shape index (κ2) is 5.12. The summed E-state index contributed by atoms with van der Waals surface area (Å²) >= 11 is 0. The summed E-state index contributed by atoms with van der Waals surface area (Å²) in [6.45, 7) is 18.2. The van der Waals surface area contributed by atoms with E-state index in [4.69, 9.17) is 4.98 Å². The van der Waals surface area contributed by atoms with Gasteiger partial charge in [0.25, 0.3) is 0 Å². The molecule has 0 saturated carbocycles. The van der Waals surface area contributed by atoms with Crippen LogP contribution in [0.25, 0.3) is 10.9 Å². The third-order valence-corrected chi connectivity index (χ3v) is 4.13. The molecule has 1 heteroatoms.